The average molecular weight is 347 g/mol. The van der Waals surface area contributed by atoms with Gasteiger partial charge in [-0.15, -0.1) is 0 Å². The summed E-state index contributed by atoms with van der Waals surface area (Å²) in [6.07, 6.45) is 7.02. The molecular weight excluding hydrogens is 320 g/mol. The smallest absolute Gasteiger partial charge is 0.282 e. The van der Waals surface area contributed by atoms with E-state index in [2.05, 4.69) is 61.1 Å². The van der Waals surface area contributed by atoms with Gasteiger partial charge in [-0.2, -0.15) is 0 Å². The monoisotopic (exact) mass is 347 g/mol. The maximum Gasteiger partial charge on any atom is 0.296 e. The quantitative estimate of drug-likeness (QED) is 0.754. The normalized spacial score (nSPS) is 22.1. The Balaban J connectivity index is 1.90. The van der Waals surface area contributed by atoms with Crippen LogP contribution in [0.2, 0.25) is 0 Å². The van der Waals surface area contributed by atoms with Crippen LogP contribution in [0.4, 0.5) is 0 Å². The molecule has 0 aliphatic carbocycles. The molecule has 1 heterocycles. The predicted octanol–water partition coefficient (Wildman–Crippen LogP) is 3.85. The van der Waals surface area contributed by atoms with Gasteiger partial charge < -0.3 is 0 Å². The Morgan fingerprint density at radius 3 is 2.27 bits per heavy atom. The molecule has 0 bridgehead atoms. The Morgan fingerprint density at radius 1 is 1.04 bits per heavy atom. The van der Waals surface area contributed by atoms with Gasteiger partial charge in [0.05, 0.1) is 0 Å². The lowest BCUT2D eigenvalue weighted by molar-refractivity contribution is -0.587. The molecule has 1 aliphatic heterocycles. The van der Waals surface area contributed by atoms with Gasteiger partial charge >= 0.3 is 0 Å². The molecule has 0 N–H and O–H groups in total. The van der Waals surface area contributed by atoms with Crippen LogP contribution >= 0.6 is 0 Å². The van der Waals surface area contributed by atoms with E-state index in [0.717, 1.165) is 12.0 Å². The Hall–Kier alpha value is -2.68. The number of rotatable bonds is 5. The van der Waals surface area contributed by atoms with Crippen molar-refractivity contribution < 1.29 is 9.37 Å². The maximum absolute atomic E-state index is 12.9. The Bertz CT molecular complexity index is 793. The third kappa shape index (κ3) is 3.93. The second kappa shape index (κ2) is 8.13. The molecule has 3 heteroatoms. The minimum atomic E-state index is -0.157. The van der Waals surface area contributed by atoms with Crippen LogP contribution in [-0.4, -0.2) is 40.9 Å². The average Bonchev–Trinajstić information content (AvgIpc) is 2.88. The number of benzene rings is 2. The summed E-state index contributed by atoms with van der Waals surface area (Å²) < 4.78 is 2.22. The summed E-state index contributed by atoms with van der Waals surface area (Å²) in [6.45, 7) is 4.34. The van der Waals surface area contributed by atoms with E-state index in [4.69, 9.17) is 0 Å². The largest absolute Gasteiger partial charge is 0.296 e. The van der Waals surface area contributed by atoms with Crippen LogP contribution in [0.3, 0.4) is 0 Å². The number of nitrogens with zero attached hydrogens (tertiary/aromatic N) is 2. The van der Waals surface area contributed by atoms with Gasteiger partial charge in [-0.3, -0.25) is 9.69 Å². The molecule has 2 aromatic rings. The summed E-state index contributed by atoms with van der Waals surface area (Å²) >= 11 is 0. The fourth-order valence-electron chi connectivity index (χ4n) is 3.71. The molecule has 0 radical (unpaired) electrons. The van der Waals surface area contributed by atoms with Crippen LogP contribution in [0.1, 0.15) is 25.0 Å². The molecule has 1 aliphatic rings. The van der Waals surface area contributed by atoms with Gasteiger partial charge in [0.25, 0.3) is 5.91 Å². The van der Waals surface area contributed by atoms with E-state index in [1.54, 1.807) is 0 Å². The van der Waals surface area contributed by atoms with Crippen molar-refractivity contribution in [3.63, 3.8) is 0 Å². The number of likely N-dealkylation sites (N-methyl/N-ethyl adjacent to an activating group) is 1. The lowest BCUT2D eigenvalue weighted by Crippen LogP contribution is -2.38. The molecule has 0 aromatic heterocycles. The third-order valence-corrected chi connectivity index (χ3v) is 4.91. The van der Waals surface area contributed by atoms with Crippen molar-refractivity contribution in [2.75, 3.05) is 7.05 Å². The summed E-state index contributed by atoms with van der Waals surface area (Å²) in [5.41, 5.74) is 2.34. The van der Waals surface area contributed by atoms with Crippen LogP contribution in [0.25, 0.3) is 6.08 Å². The Labute approximate surface area is 156 Å². The van der Waals surface area contributed by atoms with Gasteiger partial charge in [-0.25, -0.2) is 4.58 Å². The van der Waals surface area contributed by atoms with Gasteiger partial charge in [0.1, 0.15) is 0 Å². The van der Waals surface area contributed by atoms with E-state index >= 15 is 0 Å². The molecule has 134 valence electrons. The SMILES string of the molecule is CC(C)[C@@H]1N(C)C(=O)[C@H](Cc2ccccc2)/[N+]1=C\C=C\c1ccccc1. The Morgan fingerprint density at radius 2 is 1.65 bits per heavy atom. The Kier molecular flexibility index (Phi) is 5.67. The van der Waals surface area contributed by atoms with E-state index < -0.39 is 0 Å². The van der Waals surface area contributed by atoms with E-state index in [1.807, 2.05) is 48.3 Å². The van der Waals surface area contributed by atoms with Crippen molar-refractivity contribution in [1.82, 2.24) is 4.90 Å². The molecule has 0 unspecified atom stereocenters. The minimum Gasteiger partial charge on any atom is -0.282 e. The van der Waals surface area contributed by atoms with Crippen LogP contribution < -0.4 is 0 Å². The fraction of sp³-hybridized carbons (Fsp3) is 0.304. The van der Waals surface area contributed by atoms with Crippen molar-refractivity contribution in [3.8, 4) is 0 Å². The summed E-state index contributed by atoms with van der Waals surface area (Å²) in [5, 5.41) is 0. The maximum atomic E-state index is 12.9. The van der Waals surface area contributed by atoms with E-state index in [1.165, 1.54) is 5.56 Å². The lowest BCUT2D eigenvalue weighted by Gasteiger charge is -2.18. The molecule has 2 aromatic carbocycles. The van der Waals surface area contributed by atoms with Crippen molar-refractivity contribution in [2.24, 2.45) is 5.92 Å². The van der Waals surface area contributed by atoms with Crippen LogP contribution in [0.15, 0.2) is 66.7 Å². The number of hydrogen-bond acceptors (Lipinski definition) is 1. The molecular formula is C23H27N2O+. The van der Waals surface area contributed by atoms with Crippen LogP contribution in [-0.2, 0) is 11.2 Å². The zero-order valence-corrected chi connectivity index (χ0v) is 15.7. The third-order valence-electron chi connectivity index (χ3n) is 4.91. The van der Waals surface area contributed by atoms with Gasteiger partial charge in [0.2, 0.25) is 12.2 Å². The van der Waals surface area contributed by atoms with Crippen molar-refractivity contribution in [1.29, 1.82) is 0 Å². The zero-order chi connectivity index (χ0) is 18.5. The summed E-state index contributed by atoms with van der Waals surface area (Å²) in [5.74, 6) is 0.544. The molecule has 1 saturated heterocycles. The first-order valence-electron chi connectivity index (χ1n) is 9.22. The van der Waals surface area contributed by atoms with Crippen molar-refractivity contribution >= 4 is 18.2 Å². The molecule has 0 spiro atoms. The summed E-state index contributed by atoms with van der Waals surface area (Å²) in [7, 11) is 1.92. The lowest BCUT2D eigenvalue weighted by atomic mass is 10.1. The highest BCUT2D eigenvalue weighted by molar-refractivity contribution is 5.84. The highest BCUT2D eigenvalue weighted by Crippen LogP contribution is 2.24. The van der Waals surface area contributed by atoms with Crippen LogP contribution in [0.5, 0.6) is 0 Å². The minimum absolute atomic E-state index is 0.0802. The number of allylic oxidation sites excluding steroid dienone is 1. The number of hydrogen-bond donors (Lipinski definition) is 0. The van der Waals surface area contributed by atoms with E-state index in [-0.39, 0.29) is 18.1 Å². The topological polar surface area (TPSA) is 23.3 Å². The first-order chi connectivity index (χ1) is 12.6. The molecule has 3 nitrogen and oxygen atoms in total. The van der Waals surface area contributed by atoms with Gasteiger partial charge in [0, 0.05) is 25.5 Å². The summed E-state index contributed by atoms with van der Waals surface area (Å²) in [6, 6.07) is 20.3. The van der Waals surface area contributed by atoms with Crippen molar-refractivity contribution in [2.45, 2.75) is 32.5 Å². The molecule has 3 rings (SSSR count). The highest BCUT2D eigenvalue weighted by Gasteiger charge is 2.49. The van der Waals surface area contributed by atoms with Gasteiger partial charge in [-0.1, -0.05) is 74.5 Å². The number of amides is 1. The summed E-state index contributed by atoms with van der Waals surface area (Å²) in [4.78, 5) is 14.8. The fourth-order valence-corrected chi connectivity index (χ4v) is 3.71. The zero-order valence-electron chi connectivity index (χ0n) is 15.7. The molecule has 26 heavy (non-hydrogen) atoms. The van der Waals surface area contributed by atoms with Crippen molar-refractivity contribution in [3.05, 3.63) is 77.9 Å². The first kappa shape index (κ1) is 18.1. The van der Waals surface area contributed by atoms with E-state index in [0.29, 0.717) is 5.92 Å². The molecule has 0 saturated carbocycles. The second-order valence-electron chi connectivity index (χ2n) is 7.18. The number of carbonyl (C=O) groups excluding carboxylic acids is 1. The predicted molar refractivity (Wildman–Crippen MR) is 107 cm³/mol. The molecule has 1 amide bonds. The molecule has 2 atom stereocenters. The van der Waals surface area contributed by atoms with E-state index in [9.17, 15) is 4.79 Å². The van der Waals surface area contributed by atoms with Crippen LogP contribution in [0, 0.1) is 5.92 Å². The highest BCUT2D eigenvalue weighted by atomic mass is 16.2. The van der Waals surface area contributed by atoms with Gasteiger partial charge in [0.15, 0.2) is 6.21 Å². The molecule has 1 fully saturated rings. The first-order valence-corrected chi connectivity index (χ1v) is 9.22. The standard InChI is InChI=1S/C23H27N2O/c1-18(2)22-24(3)23(26)21(17-20-13-8-5-9-14-20)25(22)16-10-15-19-11-6-4-7-12-19/h4-16,18,21-22H,17H2,1-3H3/q+1/b15-10+,25-16+/t21-,22+/m0/s1. The van der Waals surface area contributed by atoms with Gasteiger partial charge in [-0.05, 0) is 17.2 Å². The number of carbonyl (C=O) groups is 1. The second-order valence-corrected chi connectivity index (χ2v) is 7.18.